The Hall–Kier alpha value is -2.08. The predicted octanol–water partition coefficient (Wildman–Crippen LogP) is 3.03. The van der Waals surface area contributed by atoms with Crippen LogP contribution in [0.3, 0.4) is 0 Å². The van der Waals surface area contributed by atoms with Crippen LogP contribution in [-0.2, 0) is 0 Å². The van der Waals surface area contributed by atoms with Gasteiger partial charge in [0.15, 0.2) is 5.13 Å². The molecule has 0 bridgehead atoms. The van der Waals surface area contributed by atoms with Gasteiger partial charge in [-0.3, -0.25) is 4.79 Å². The van der Waals surface area contributed by atoms with E-state index in [0.29, 0.717) is 10.0 Å². The average Bonchev–Trinajstić information content (AvgIpc) is 2.76. The first-order valence-electron chi connectivity index (χ1n) is 6.40. The predicted molar refractivity (Wildman–Crippen MR) is 84.6 cm³/mol. The summed E-state index contributed by atoms with van der Waals surface area (Å²) in [5.41, 5.74) is 8.78. The first-order chi connectivity index (χ1) is 9.52. The highest BCUT2D eigenvalue weighted by Crippen LogP contribution is 2.26. The molecule has 0 saturated heterocycles. The van der Waals surface area contributed by atoms with Gasteiger partial charge in [-0.25, -0.2) is 4.98 Å². The molecule has 1 heterocycles. The van der Waals surface area contributed by atoms with Crippen molar-refractivity contribution in [3.63, 3.8) is 0 Å². The number of thiazole rings is 1. The van der Waals surface area contributed by atoms with E-state index in [9.17, 15) is 4.79 Å². The van der Waals surface area contributed by atoms with Crippen LogP contribution < -0.4 is 16.4 Å². The fourth-order valence-corrected chi connectivity index (χ4v) is 2.63. The van der Waals surface area contributed by atoms with E-state index < -0.39 is 0 Å². The van der Waals surface area contributed by atoms with E-state index in [1.165, 1.54) is 11.3 Å². The zero-order chi connectivity index (χ0) is 14.7. The van der Waals surface area contributed by atoms with Crippen molar-refractivity contribution in [3.05, 3.63) is 34.2 Å². The van der Waals surface area contributed by atoms with Gasteiger partial charge in [-0.2, -0.15) is 0 Å². The SMILES string of the molecule is CCNc1nc(N)c(C(=O)Nc2cccc(C)c2C)s1. The van der Waals surface area contributed by atoms with Crippen LogP contribution in [0.15, 0.2) is 18.2 Å². The van der Waals surface area contributed by atoms with Crippen molar-refractivity contribution >= 4 is 33.9 Å². The number of benzene rings is 1. The Balaban J connectivity index is 2.22. The van der Waals surface area contributed by atoms with Crippen molar-refractivity contribution in [2.75, 3.05) is 22.9 Å². The Labute approximate surface area is 122 Å². The number of rotatable bonds is 4. The van der Waals surface area contributed by atoms with E-state index in [-0.39, 0.29) is 11.7 Å². The zero-order valence-electron chi connectivity index (χ0n) is 11.8. The molecule has 0 unspecified atom stereocenters. The van der Waals surface area contributed by atoms with Crippen molar-refractivity contribution in [3.8, 4) is 0 Å². The third-order valence-corrected chi connectivity index (χ3v) is 4.07. The van der Waals surface area contributed by atoms with Gasteiger partial charge in [-0.1, -0.05) is 23.5 Å². The first kappa shape index (κ1) is 14.3. The highest BCUT2D eigenvalue weighted by molar-refractivity contribution is 7.18. The van der Waals surface area contributed by atoms with Crippen molar-refractivity contribution in [2.24, 2.45) is 0 Å². The molecule has 0 fully saturated rings. The number of carbonyl (C=O) groups excluding carboxylic acids is 1. The Morgan fingerprint density at radius 1 is 1.40 bits per heavy atom. The smallest absolute Gasteiger partial charge is 0.269 e. The highest BCUT2D eigenvalue weighted by atomic mass is 32.1. The number of amides is 1. The highest BCUT2D eigenvalue weighted by Gasteiger charge is 2.16. The summed E-state index contributed by atoms with van der Waals surface area (Å²) in [7, 11) is 0. The van der Waals surface area contributed by atoms with Gasteiger partial charge in [0.05, 0.1) is 0 Å². The molecule has 0 radical (unpaired) electrons. The summed E-state index contributed by atoms with van der Waals surface area (Å²) in [5, 5.41) is 6.61. The lowest BCUT2D eigenvalue weighted by atomic mass is 10.1. The molecule has 0 aliphatic carbocycles. The molecule has 1 amide bonds. The number of nitrogen functional groups attached to an aromatic ring is 1. The Bertz CT molecular complexity index is 636. The van der Waals surface area contributed by atoms with Gasteiger partial charge in [0.25, 0.3) is 5.91 Å². The summed E-state index contributed by atoms with van der Waals surface area (Å²) < 4.78 is 0. The number of nitrogens with two attached hydrogens (primary N) is 1. The van der Waals surface area contributed by atoms with Crippen LogP contribution >= 0.6 is 11.3 Å². The maximum Gasteiger partial charge on any atom is 0.269 e. The molecule has 0 atom stereocenters. The second-order valence-electron chi connectivity index (χ2n) is 4.47. The van der Waals surface area contributed by atoms with Crippen molar-refractivity contribution < 1.29 is 4.79 Å². The van der Waals surface area contributed by atoms with Gasteiger partial charge in [-0.15, -0.1) is 0 Å². The van der Waals surface area contributed by atoms with Crippen molar-refractivity contribution in [1.29, 1.82) is 0 Å². The van der Waals surface area contributed by atoms with Crippen LogP contribution in [-0.4, -0.2) is 17.4 Å². The number of hydrogen-bond donors (Lipinski definition) is 3. The molecule has 1 aromatic heterocycles. The quantitative estimate of drug-likeness (QED) is 0.808. The zero-order valence-corrected chi connectivity index (χ0v) is 12.6. The van der Waals surface area contributed by atoms with E-state index in [2.05, 4.69) is 15.6 Å². The van der Waals surface area contributed by atoms with Crippen molar-refractivity contribution in [1.82, 2.24) is 4.98 Å². The molecule has 6 heteroatoms. The topological polar surface area (TPSA) is 80.0 Å². The third kappa shape index (κ3) is 2.91. The van der Waals surface area contributed by atoms with Crippen LogP contribution in [0.2, 0.25) is 0 Å². The van der Waals surface area contributed by atoms with Gasteiger partial charge in [0.2, 0.25) is 0 Å². The monoisotopic (exact) mass is 290 g/mol. The van der Waals surface area contributed by atoms with Crippen LogP contribution in [0.1, 0.15) is 27.7 Å². The van der Waals surface area contributed by atoms with Crippen LogP contribution in [0.4, 0.5) is 16.6 Å². The van der Waals surface area contributed by atoms with Gasteiger partial charge < -0.3 is 16.4 Å². The Morgan fingerprint density at radius 3 is 2.85 bits per heavy atom. The Kier molecular flexibility index (Phi) is 4.24. The molecule has 0 aliphatic rings. The molecule has 106 valence electrons. The number of aryl methyl sites for hydroxylation is 1. The van der Waals surface area contributed by atoms with Crippen molar-refractivity contribution in [2.45, 2.75) is 20.8 Å². The molecule has 0 saturated carbocycles. The van der Waals surface area contributed by atoms with E-state index in [1.54, 1.807) is 0 Å². The first-order valence-corrected chi connectivity index (χ1v) is 7.22. The van der Waals surface area contributed by atoms with E-state index in [4.69, 9.17) is 5.73 Å². The van der Waals surface area contributed by atoms with E-state index in [1.807, 2.05) is 39.0 Å². The van der Waals surface area contributed by atoms with Gasteiger partial charge in [0, 0.05) is 12.2 Å². The maximum absolute atomic E-state index is 12.3. The molecule has 5 nitrogen and oxygen atoms in total. The summed E-state index contributed by atoms with van der Waals surface area (Å²) in [6.45, 7) is 6.69. The molecule has 2 rings (SSSR count). The fourth-order valence-electron chi connectivity index (χ4n) is 1.79. The molecule has 20 heavy (non-hydrogen) atoms. The standard InChI is InChI=1S/C14H18N4OS/c1-4-16-14-18-12(15)11(20-14)13(19)17-10-7-5-6-8(2)9(10)3/h5-7H,4,15H2,1-3H3,(H,16,18)(H,17,19). The van der Waals surface area contributed by atoms with Gasteiger partial charge >= 0.3 is 0 Å². The third-order valence-electron chi connectivity index (χ3n) is 3.04. The summed E-state index contributed by atoms with van der Waals surface area (Å²) in [6, 6.07) is 5.80. The minimum Gasteiger partial charge on any atom is -0.382 e. The van der Waals surface area contributed by atoms with E-state index in [0.717, 1.165) is 23.4 Å². The van der Waals surface area contributed by atoms with E-state index >= 15 is 0 Å². The number of nitrogens with zero attached hydrogens (tertiary/aromatic N) is 1. The molecular formula is C14H18N4OS. The maximum atomic E-state index is 12.3. The number of aromatic nitrogens is 1. The summed E-state index contributed by atoms with van der Waals surface area (Å²) >= 11 is 1.26. The minimum atomic E-state index is -0.224. The minimum absolute atomic E-state index is 0.224. The number of anilines is 3. The lowest BCUT2D eigenvalue weighted by Gasteiger charge is -2.09. The molecule has 0 aliphatic heterocycles. The molecular weight excluding hydrogens is 272 g/mol. The number of hydrogen-bond acceptors (Lipinski definition) is 5. The number of carbonyl (C=O) groups is 1. The molecule has 2 aromatic rings. The summed E-state index contributed by atoms with van der Waals surface area (Å²) in [5.74, 6) is 0.0339. The second-order valence-corrected chi connectivity index (χ2v) is 5.46. The second kappa shape index (κ2) is 5.92. The normalized spacial score (nSPS) is 10.3. The Morgan fingerprint density at radius 2 is 2.15 bits per heavy atom. The lowest BCUT2D eigenvalue weighted by Crippen LogP contribution is -2.13. The fraction of sp³-hybridized carbons (Fsp3) is 0.286. The number of nitrogens with one attached hydrogen (secondary N) is 2. The summed E-state index contributed by atoms with van der Waals surface area (Å²) in [4.78, 5) is 16.8. The van der Waals surface area contributed by atoms with Crippen LogP contribution in [0.25, 0.3) is 0 Å². The van der Waals surface area contributed by atoms with Gasteiger partial charge in [0.1, 0.15) is 10.7 Å². The van der Waals surface area contributed by atoms with Crippen LogP contribution in [0, 0.1) is 13.8 Å². The largest absolute Gasteiger partial charge is 0.382 e. The molecule has 0 spiro atoms. The van der Waals surface area contributed by atoms with Crippen LogP contribution in [0.5, 0.6) is 0 Å². The summed E-state index contributed by atoms with van der Waals surface area (Å²) in [6.07, 6.45) is 0. The molecule has 4 N–H and O–H groups in total. The molecule has 1 aromatic carbocycles. The van der Waals surface area contributed by atoms with Gasteiger partial charge in [-0.05, 0) is 38.0 Å². The lowest BCUT2D eigenvalue weighted by molar-refractivity contribution is 0.103. The average molecular weight is 290 g/mol.